The first-order valence-electron chi connectivity index (χ1n) is 4.66. The van der Waals surface area contributed by atoms with Crippen LogP contribution >= 0.6 is 0 Å². The second-order valence-electron chi connectivity index (χ2n) is 3.83. The van der Waals surface area contributed by atoms with Crippen LogP contribution in [0.3, 0.4) is 0 Å². The molecule has 0 aromatic heterocycles. The molecular formula is C10H19O. The van der Waals surface area contributed by atoms with Crippen LogP contribution in [-0.2, 0) is 4.74 Å². The zero-order chi connectivity index (χ0) is 8.10. The van der Waals surface area contributed by atoms with E-state index in [1.54, 1.807) is 5.92 Å². The van der Waals surface area contributed by atoms with Gasteiger partial charge in [-0.2, -0.15) is 0 Å². The summed E-state index contributed by atoms with van der Waals surface area (Å²) in [7, 11) is 0. The summed E-state index contributed by atoms with van der Waals surface area (Å²) in [5.74, 6) is 2.40. The second kappa shape index (κ2) is 4.76. The van der Waals surface area contributed by atoms with Gasteiger partial charge in [0.2, 0.25) is 0 Å². The van der Waals surface area contributed by atoms with Gasteiger partial charge in [-0.25, -0.2) is 0 Å². The quantitative estimate of drug-likeness (QED) is 0.609. The van der Waals surface area contributed by atoms with Crippen molar-refractivity contribution in [2.24, 2.45) is 5.92 Å². The van der Waals surface area contributed by atoms with Crippen molar-refractivity contribution in [3.63, 3.8) is 0 Å². The Kier molecular flexibility index (Phi) is 3.92. The zero-order valence-electron chi connectivity index (χ0n) is 7.73. The highest BCUT2D eigenvalue weighted by molar-refractivity contribution is 4.78. The number of hydrogen-bond acceptors (Lipinski definition) is 1. The normalized spacial score (nSPS) is 25.9. The first-order valence-corrected chi connectivity index (χ1v) is 4.66. The summed E-state index contributed by atoms with van der Waals surface area (Å²) < 4.78 is 5.41. The van der Waals surface area contributed by atoms with E-state index in [9.17, 15) is 0 Å². The third-order valence-corrected chi connectivity index (χ3v) is 2.31. The Hall–Kier alpha value is -0.0400. The van der Waals surface area contributed by atoms with Crippen LogP contribution in [0.5, 0.6) is 0 Å². The molecule has 1 rings (SSSR count). The smallest absolute Gasteiger partial charge is 0.0494 e. The highest BCUT2D eigenvalue weighted by atomic mass is 16.5. The summed E-state index contributed by atoms with van der Waals surface area (Å²) in [6.07, 6.45) is 5.27. The average molecular weight is 155 g/mol. The maximum absolute atomic E-state index is 5.41. The predicted molar refractivity (Wildman–Crippen MR) is 47.4 cm³/mol. The second-order valence-corrected chi connectivity index (χ2v) is 3.83. The Labute approximate surface area is 70.1 Å². The molecule has 65 valence electrons. The van der Waals surface area contributed by atoms with Gasteiger partial charge in [0.15, 0.2) is 0 Å². The van der Waals surface area contributed by atoms with Crippen molar-refractivity contribution in [2.45, 2.75) is 39.5 Å². The highest BCUT2D eigenvalue weighted by Crippen LogP contribution is 2.21. The van der Waals surface area contributed by atoms with Crippen molar-refractivity contribution in [1.29, 1.82) is 0 Å². The van der Waals surface area contributed by atoms with Crippen LogP contribution in [0.15, 0.2) is 0 Å². The molecule has 1 fully saturated rings. The van der Waals surface area contributed by atoms with E-state index in [0.717, 1.165) is 19.1 Å². The van der Waals surface area contributed by atoms with Gasteiger partial charge in [0, 0.05) is 13.2 Å². The van der Waals surface area contributed by atoms with Gasteiger partial charge in [-0.15, -0.1) is 0 Å². The number of ether oxygens (including phenoxy) is 1. The molecule has 0 N–H and O–H groups in total. The molecule has 1 aliphatic heterocycles. The van der Waals surface area contributed by atoms with Crippen molar-refractivity contribution in [3.05, 3.63) is 5.92 Å². The molecule has 0 aliphatic carbocycles. The predicted octanol–water partition coefficient (Wildman–Crippen LogP) is 2.81. The fraction of sp³-hybridized carbons (Fsp3) is 0.900. The summed E-state index contributed by atoms with van der Waals surface area (Å²) in [5.41, 5.74) is 0. The van der Waals surface area contributed by atoms with Crippen molar-refractivity contribution >= 4 is 0 Å². The van der Waals surface area contributed by atoms with E-state index < -0.39 is 0 Å². The van der Waals surface area contributed by atoms with E-state index in [1.165, 1.54) is 25.7 Å². The van der Waals surface area contributed by atoms with Gasteiger partial charge in [0.05, 0.1) is 0 Å². The lowest BCUT2D eigenvalue weighted by Gasteiger charge is -2.22. The minimum atomic E-state index is 0.846. The lowest BCUT2D eigenvalue weighted by atomic mass is 9.93. The Morgan fingerprint density at radius 2 is 2.27 bits per heavy atom. The van der Waals surface area contributed by atoms with Gasteiger partial charge >= 0.3 is 0 Å². The van der Waals surface area contributed by atoms with Gasteiger partial charge in [0.1, 0.15) is 0 Å². The van der Waals surface area contributed by atoms with E-state index in [2.05, 4.69) is 13.8 Å². The molecule has 11 heavy (non-hydrogen) atoms. The first kappa shape index (κ1) is 9.05. The van der Waals surface area contributed by atoms with E-state index in [4.69, 9.17) is 4.74 Å². The Morgan fingerprint density at radius 1 is 1.45 bits per heavy atom. The van der Waals surface area contributed by atoms with Crippen molar-refractivity contribution < 1.29 is 4.74 Å². The molecule has 0 aromatic carbocycles. The molecule has 0 saturated carbocycles. The molecule has 1 heteroatoms. The van der Waals surface area contributed by atoms with Crippen LogP contribution in [0.1, 0.15) is 39.5 Å². The lowest BCUT2D eigenvalue weighted by Crippen LogP contribution is -2.17. The molecule has 1 radical (unpaired) electrons. The lowest BCUT2D eigenvalue weighted by molar-refractivity contribution is 0.0514. The first-order chi connectivity index (χ1) is 5.29. The summed E-state index contributed by atoms with van der Waals surface area (Å²) in [6.45, 7) is 6.42. The molecule has 1 aliphatic rings. The summed E-state index contributed by atoms with van der Waals surface area (Å²) in [6, 6.07) is 0. The Morgan fingerprint density at radius 3 is 2.82 bits per heavy atom. The van der Waals surface area contributed by atoms with Gasteiger partial charge in [-0.1, -0.05) is 13.8 Å². The van der Waals surface area contributed by atoms with Crippen LogP contribution in [0.4, 0.5) is 0 Å². The molecule has 1 atom stereocenters. The summed E-state index contributed by atoms with van der Waals surface area (Å²) in [5, 5.41) is 0. The molecule has 0 amide bonds. The average Bonchev–Trinajstić information content (AvgIpc) is 2.03. The molecule has 1 unspecified atom stereocenters. The van der Waals surface area contributed by atoms with Crippen LogP contribution in [-0.4, -0.2) is 13.2 Å². The fourth-order valence-electron chi connectivity index (χ4n) is 1.53. The largest absolute Gasteiger partial charge is 0.381 e. The van der Waals surface area contributed by atoms with Crippen LogP contribution in [0.2, 0.25) is 0 Å². The van der Waals surface area contributed by atoms with Crippen LogP contribution < -0.4 is 0 Å². The minimum Gasteiger partial charge on any atom is -0.381 e. The maximum Gasteiger partial charge on any atom is 0.0494 e. The topological polar surface area (TPSA) is 9.23 Å². The van der Waals surface area contributed by atoms with Gasteiger partial charge in [0.25, 0.3) is 0 Å². The Balaban J connectivity index is 2.05. The van der Waals surface area contributed by atoms with Crippen LogP contribution in [0, 0.1) is 11.8 Å². The van der Waals surface area contributed by atoms with Crippen LogP contribution in [0.25, 0.3) is 0 Å². The molecule has 1 nitrogen and oxygen atoms in total. The molecule has 0 aromatic rings. The molecular weight excluding hydrogens is 136 g/mol. The third-order valence-electron chi connectivity index (χ3n) is 2.31. The molecule has 0 spiro atoms. The van der Waals surface area contributed by atoms with E-state index in [-0.39, 0.29) is 0 Å². The van der Waals surface area contributed by atoms with Gasteiger partial charge < -0.3 is 4.74 Å². The van der Waals surface area contributed by atoms with Gasteiger partial charge in [-0.3, -0.25) is 0 Å². The fourth-order valence-corrected chi connectivity index (χ4v) is 1.53. The Bertz CT molecular complexity index is 93.0. The summed E-state index contributed by atoms with van der Waals surface area (Å²) in [4.78, 5) is 0. The number of rotatable bonds is 3. The highest BCUT2D eigenvalue weighted by Gasteiger charge is 2.13. The SMILES string of the molecule is C[C](C)CCC1CCCOC1. The van der Waals surface area contributed by atoms with E-state index in [1.807, 2.05) is 0 Å². The standard InChI is InChI=1S/C10H19O/c1-9(2)5-6-10-4-3-7-11-8-10/h10H,3-8H2,1-2H3. The van der Waals surface area contributed by atoms with E-state index in [0.29, 0.717) is 0 Å². The van der Waals surface area contributed by atoms with Crippen molar-refractivity contribution in [1.82, 2.24) is 0 Å². The summed E-state index contributed by atoms with van der Waals surface area (Å²) >= 11 is 0. The van der Waals surface area contributed by atoms with E-state index >= 15 is 0 Å². The van der Waals surface area contributed by atoms with Crippen molar-refractivity contribution in [2.75, 3.05) is 13.2 Å². The van der Waals surface area contributed by atoms with Crippen molar-refractivity contribution in [3.8, 4) is 0 Å². The maximum atomic E-state index is 5.41. The minimum absolute atomic E-state index is 0.846. The third kappa shape index (κ3) is 3.76. The molecule has 1 saturated heterocycles. The molecule has 0 bridgehead atoms. The monoisotopic (exact) mass is 155 g/mol. The zero-order valence-corrected chi connectivity index (χ0v) is 7.73. The number of hydrogen-bond donors (Lipinski definition) is 0. The van der Waals surface area contributed by atoms with Gasteiger partial charge in [-0.05, 0) is 37.5 Å². The molecule has 1 heterocycles.